The van der Waals surface area contributed by atoms with Crippen LogP contribution in [0.15, 0.2) is 84.1 Å². The van der Waals surface area contributed by atoms with Gasteiger partial charge >= 0.3 is 5.97 Å². The summed E-state index contributed by atoms with van der Waals surface area (Å²) < 4.78 is 6.02. The Morgan fingerprint density at radius 2 is 1.97 bits per heavy atom. The fourth-order valence-corrected chi connectivity index (χ4v) is 3.87. The van der Waals surface area contributed by atoms with Crippen molar-refractivity contribution < 1.29 is 14.6 Å². The van der Waals surface area contributed by atoms with Gasteiger partial charge in [-0.3, -0.25) is 9.79 Å². The van der Waals surface area contributed by atoms with E-state index in [4.69, 9.17) is 15.6 Å². The standard InChI is InChI=1S/C23H29N5O3.C6H6/c1-15(17-5-3-4-16(6-17)7-22(29)30)10-26-13-20-14-27-21-8-18(12-28-23(21)31-20)19(9-24)11-25-2;1-2-4-6-5-3-1/h3-6,8-9,11-12,15,20,26-27H,7,10,13-14,24H2,1-2H3,(H,29,30);1-6H/b19-9+,25-11?;. The fourth-order valence-electron chi connectivity index (χ4n) is 3.87. The van der Waals surface area contributed by atoms with Crippen LogP contribution in [-0.4, -0.2) is 55.1 Å². The lowest BCUT2D eigenvalue weighted by Crippen LogP contribution is -2.40. The molecule has 0 spiro atoms. The molecule has 1 aliphatic rings. The smallest absolute Gasteiger partial charge is 0.307 e. The van der Waals surface area contributed by atoms with Gasteiger partial charge in [-0.15, -0.1) is 0 Å². The summed E-state index contributed by atoms with van der Waals surface area (Å²) in [6.45, 7) is 4.21. The maximum absolute atomic E-state index is 10.9. The van der Waals surface area contributed by atoms with Gasteiger partial charge in [0.05, 0.1) is 18.7 Å². The minimum Gasteiger partial charge on any atom is -0.481 e. The summed E-state index contributed by atoms with van der Waals surface area (Å²) in [5, 5.41) is 15.8. The highest BCUT2D eigenvalue weighted by Crippen LogP contribution is 2.29. The molecule has 0 fully saturated rings. The maximum atomic E-state index is 10.9. The zero-order chi connectivity index (χ0) is 26.5. The van der Waals surface area contributed by atoms with Crippen LogP contribution in [0.1, 0.15) is 29.5 Å². The molecule has 37 heavy (non-hydrogen) atoms. The quantitative estimate of drug-likeness (QED) is 0.327. The Bertz CT molecular complexity index is 1170. The van der Waals surface area contributed by atoms with Crippen molar-refractivity contribution in [2.75, 3.05) is 32.0 Å². The van der Waals surface area contributed by atoms with Gasteiger partial charge in [0, 0.05) is 49.9 Å². The molecule has 5 N–H and O–H groups in total. The van der Waals surface area contributed by atoms with E-state index in [1.807, 2.05) is 66.7 Å². The molecule has 1 aromatic heterocycles. The second-order valence-electron chi connectivity index (χ2n) is 8.74. The number of aliphatic carboxylic acids is 1. The summed E-state index contributed by atoms with van der Waals surface area (Å²) in [5.74, 6) is 0.000601. The Morgan fingerprint density at radius 1 is 1.24 bits per heavy atom. The molecule has 0 bridgehead atoms. The molecule has 4 rings (SSSR count). The molecular weight excluding hydrogens is 466 g/mol. The summed E-state index contributed by atoms with van der Waals surface area (Å²) >= 11 is 0. The van der Waals surface area contributed by atoms with Crippen molar-refractivity contribution in [2.45, 2.75) is 25.4 Å². The van der Waals surface area contributed by atoms with Crippen LogP contribution in [0.4, 0.5) is 5.69 Å². The van der Waals surface area contributed by atoms with E-state index >= 15 is 0 Å². The second kappa shape index (κ2) is 14.4. The lowest BCUT2D eigenvalue weighted by molar-refractivity contribution is -0.136. The molecule has 0 saturated carbocycles. The van der Waals surface area contributed by atoms with Gasteiger partial charge < -0.3 is 26.2 Å². The topological polar surface area (TPSA) is 122 Å². The number of fused-ring (bicyclic) bond motifs is 1. The molecule has 1 aliphatic heterocycles. The number of anilines is 1. The van der Waals surface area contributed by atoms with Gasteiger partial charge in [-0.05, 0) is 23.1 Å². The van der Waals surface area contributed by atoms with Gasteiger partial charge in [0.2, 0.25) is 5.88 Å². The average molecular weight is 502 g/mol. The number of pyridine rings is 1. The Balaban J connectivity index is 0.000000555. The number of hydrogen-bond acceptors (Lipinski definition) is 7. The monoisotopic (exact) mass is 501 g/mol. The number of benzene rings is 2. The first-order valence-electron chi connectivity index (χ1n) is 12.3. The van der Waals surface area contributed by atoms with E-state index in [1.165, 1.54) is 6.20 Å². The number of carboxylic acid groups (broad SMARTS) is 1. The lowest BCUT2D eigenvalue weighted by atomic mass is 9.98. The molecule has 8 nitrogen and oxygen atoms in total. The summed E-state index contributed by atoms with van der Waals surface area (Å²) in [5.41, 5.74) is 10.1. The van der Waals surface area contributed by atoms with Gasteiger partial charge in [0.25, 0.3) is 0 Å². The molecule has 194 valence electrons. The Kier molecular flexibility index (Phi) is 10.7. The SMILES string of the molecule is CN=C/C(=C\N)c1cnc2c(c1)NCC(CNCC(C)c1cccc(CC(=O)O)c1)O2.c1ccccc1. The molecule has 2 heterocycles. The molecule has 0 amide bonds. The van der Waals surface area contributed by atoms with Gasteiger partial charge in [0.15, 0.2) is 0 Å². The van der Waals surface area contributed by atoms with Gasteiger partial charge in [-0.25, -0.2) is 4.98 Å². The average Bonchev–Trinajstić information content (AvgIpc) is 2.92. The third-order valence-corrected chi connectivity index (χ3v) is 5.80. The third kappa shape index (κ3) is 8.77. The number of nitrogens with two attached hydrogens (primary N) is 1. The number of carboxylic acids is 1. The van der Waals surface area contributed by atoms with Crippen molar-refractivity contribution in [2.24, 2.45) is 10.7 Å². The molecule has 0 saturated heterocycles. The van der Waals surface area contributed by atoms with Gasteiger partial charge in [-0.1, -0.05) is 67.6 Å². The number of hydrogen-bond donors (Lipinski definition) is 4. The maximum Gasteiger partial charge on any atom is 0.307 e. The predicted octanol–water partition coefficient (Wildman–Crippen LogP) is 3.96. The first kappa shape index (κ1) is 27.4. The Morgan fingerprint density at radius 3 is 2.62 bits per heavy atom. The first-order valence-corrected chi connectivity index (χ1v) is 12.3. The number of carbonyl (C=O) groups is 1. The molecule has 8 heteroatoms. The van der Waals surface area contributed by atoms with Crippen LogP contribution >= 0.6 is 0 Å². The lowest BCUT2D eigenvalue weighted by Gasteiger charge is -2.27. The number of aromatic nitrogens is 1. The van der Waals surface area contributed by atoms with E-state index in [9.17, 15) is 4.79 Å². The third-order valence-electron chi connectivity index (χ3n) is 5.80. The summed E-state index contributed by atoms with van der Waals surface area (Å²) in [4.78, 5) is 19.4. The molecule has 3 aromatic rings. The van der Waals surface area contributed by atoms with Crippen LogP contribution in [0.25, 0.3) is 5.57 Å². The van der Waals surface area contributed by atoms with Crippen LogP contribution in [0.3, 0.4) is 0 Å². The molecule has 2 unspecified atom stereocenters. The van der Waals surface area contributed by atoms with E-state index in [1.54, 1.807) is 19.5 Å². The molecular formula is C29H35N5O3. The van der Waals surface area contributed by atoms with E-state index in [2.05, 4.69) is 27.5 Å². The number of rotatable bonds is 9. The Labute approximate surface area is 218 Å². The van der Waals surface area contributed by atoms with Crippen LogP contribution in [0.5, 0.6) is 5.88 Å². The predicted molar refractivity (Wildman–Crippen MR) is 149 cm³/mol. The van der Waals surface area contributed by atoms with Crippen LogP contribution in [-0.2, 0) is 11.2 Å². The van der Waals surface area contributed by atoms with Crippen molar-refractivity contribution in [1.82, 2.24) is 10.3 Å². The van der Waals surface area contributed by atoms with E-state index < -0.39 is 5.97 Å². The number of allylic oxidation sites excluding steroid dienone is 1. The van der Waals surface area contributed by atoms with Crippen molar-refractivity contribution in [3.63, 3.8) is 0 Å². The Hall–Kier alpha value is -4.17. The minimum absolute atomic E-state index is 0.0392. The summed E-state index contributed by atoms with van der Waals surface area (Å²) in [6, 6.07) is 21.7. The highest BCUT2D eigenvalue weighted by atomic mass is 16.5. The number of nitrogens with one attached hydrogen (secondary N) is 2. The van der Waals surface area contributed by atoms with Crippen molar-refractivity contribution in [3.05, 3.63) is 95.8 Å². The van der Waals surface area contributed by atoms with E-state index in [0.29, 0.717) is 19.0 Å². The van der Waals surface area contributed by atoms with Gasteiger partial charge in [-0.2, -0.15) is 0 Å². The fraction of sp³-hybridized carbons (Fsp3) is 0.276. The highest BCUT2D eigenvalue weighted by molar-refractivity contribution is 6.09. The number of ether oxygens (including phenoxy) is 1. The van der Waals surface area contributed by atoms with E-state index in [-0.39, 0.29) is 18.4 Å². The minimum atomic E-state index is -0.820. The zero-order valence-electron chi connectivity index (χ0n) is 21.3. The highest BCUT2D eigenvalue weighted by Gasteiger charge is 2.21. The molecule has 0 radical (unpaired) electrons. The largest absolute Gasteiger partial charge is 0.481 e. The number of nitrogens with zero attached hydrogens (tertiary/aromatic N) is 2. The zero-order valence-corrected chi connectivity index (χ0v) is 21.3. The van der Waals surface area contributed by atoms with Crippen molar-refractivity contribution >= 4 is 23.4 Å². The van der Waals surface area contributed by atoms with Crippen LogP contribution in [0.2, 0.25) is 0 Å². The van der Waals surface area contributed by atoms with Crippen LogP contribution < -0.4 is 21.1 Å². The summed E-state index contributed by atoms with van der Waals surface area (Å²) in [7, 11) is 1.70. The molecule has 0 aliphatic carbocycles. The van der Waals surface area contributed by atoms with Crippen LogP contribution in [0, 0.1) is 0 Å². The normalized spacial score (nSPS) is 15.5. The van der Waals surface area contributed by atoms with E-state index in [0.717, 1.165) is 34.5 Å². The molecule has 2 aromatic carbocycles. The van der Waals surface area contributed by atoms with Crippen molar-refractivity contribution in [3.8, 4) is 5.88 Å². The first-order chi connectivity index (χ1) is 18.0. The summed E-state index contributed by atoms with van der Waals surface area (Å²) in [6.07, 6.45) is 4.92. The molecule has 2 atom stereocenters. The van der Waals surface area contributed by atoms with Gasteiger partial charge in [0.1, 0.15) is 6.10 Å². The number of aliphatic imine (C=N–C) groups is 1. The second-order valence-corrected chi connectivity index (χ2v) is 8.74. The van der Waals surface area contributed by atoms with Crippen molar-refractivity contribution in [1.29, 1.82) is 0 Å².